The van der Waals surface area contributed by atoms with E-state index < -0.39 is 12.0 Å². The van der Waals surface area contributed by atoms with Crippen LogP contribution in [0, 0.1) is 0 Å². The van der Waals surface area contributed by atoms with Gasteiger partial charge in [0.2, 0.25) is 0 Å². The number of H-pyrrole nitrogens is 1. The van der Waals surface area contributed by atoms with Crippen molar-refractivity contribution in [1.82, 2.24) is 19.9 Å². The normalized spacial score (nSPS) is 16.9. The second-order valence-corrected chi connectivity index (χ2v) is 12.4. The Labute approximate surface area is 240 Å². The van der Waals surface area contributed by atoms with Crippen LogP contribution in [0.4, 0.5) is 0 Å². The van der Waals surface area contributed by atoms with Crippen LogP contribution in [-0.4, -0.2) is 37.4 Å². The minimum Gasteiger partial charge on any atom is -0.378 e. The number of aryl methyl sites for hydroxylation is 1. The third kappa shape index (κ3) is 5.22. The SMILES string of the molecule is CC(C)(C)c1cccc(C(O)C(=O)N2CCCc3nc(C4(c5cncc(-c6ccccc6)c5)CC4)[nH]c(=O)c3C2)c1. The summed E-state index contributed by atoms with van der Waals surface area (Å²) in [4.78, 5) is 41.1. The standard InChI is InChI=1S/C34H36N4O3/c1-33(2,3)25-12-7-11-23(17-25)29(39)31(41)38-16-8-13-28-27(21-38)30(40)37-32(36-28)34(14-15-34)26-18-24(19-35-20-26)22-9-5-4-6-10-22/h4-7,9-12,17-20,29,39H,8,13-16,21H2,1-3H3,(H,36,37,40). The van der Waals surface area contributed by atoms with Crippen molar-refractivity contribution in [3.8, 4) is 11.1 Å². The first-order valence-corrected chi connectivity index (χ1v) is 14.4. The van der Waals surface area contributed by atoms with Crippen molar-refractivity contribution in [2.24, 2.45) is 0 Å². The van der Waals surface area contributed by atoms with Crippen molar-refractivity contribution < 1.29 is 9.90 Å². The fourth-order valence-electron chi connectivity index (χ4n) is 5.80. The van der Waals surface area contributed by atoms with Gasteiger partial charge < -0.3 is 15.0 Å². The van der Waals surface area contributed by atoms with Gasteiger partial charge in [-0.1, -0.05) is 75.4 Å². The molecular weight excluding hydrogens is 512 g/mol. The third-order valence-corrected chi connectivity index (χ3v) is 8.51. The average molecular weight is 549 g/mol. The molecule has 2 aromatic heterocycles. The van der Waals surface area contributed by atoms with Gasteiger partial charge in [0.1, 0.15) is 5.82 Å². The van der Waals surface area contributed by atoms with Gasteiger partial charge in [0, 0.05) is 24.5 Å². The Hall–Kier alpha value is -4.10. The number of aromatic nitrogens is 3. The van der Waals surface area contributed by atoms with Crippen LogP contribution in [0.3, 0.4) is 0 Å². The van der Waals surface area contributed by atoms with Crippen LogP contribution in [0.2, 0.25) is 0 Å². The molecule has 41 heavy (non-hydrogen) atoms. The highest BCUT2D eigenvalue weighted by Gasteiger charge is 2.49. The number of carbonyl (C=O) groups excluding carboxylic acids is 1. The van der Waals surface area contributed by atoms with E-state index in [0.717, 1.165) is 40.8 Å². The molecule has 0 saturated heterocycles. The van der Waals surface area contributed by atoms with Gasteiger partial charge in [-0.2, -0.15) is 0 Å². The molecule has 210 valence electrons. The van der Waals surface area contributed by atoms with Crippen molar-refractivity contribution in [2.45, 2.75) is 69.9 Å². The Bertz CT molecular complexity index is 1650. The fourth-order valence-corrected chi connectivity index (χ4v) is 5.80. The minimum absolute atomic E-state index is 0.102. The number of pyridine rings is 1. The number of fused-ring (bicyclic) bond motifs is 1. The zero-order valence-corrected chi connectivity index (χ0v) is 23.9. The Morgan fingerprint density at radius 1 is 1.02 bits per heavy atom. The van der Waals surface area contributed by atoms with E-state index in [0.29, 0.717) is 36.3 Å². The monoisotopic (exact) mass is 548 g/mol. The van der Waals surface area contributed by atoms with Crippen LogP contribution in [0.25, 0.3) is 11.1 Å². The highest BCUT2D eigenvalue weighted by molar-refractivity contribution is 5.82. The lowest BCUT2D eigenvalue weighted by molar-refractivity contribution is -0.141. The number of aliphatic hydroxyl groups is 1. The second-order valence-electron chi connectivity index (χ2n) is 12.4. The highest BCUT2D eigenvalue weighted by atomic mass is 16.3. The third-order valence-electron chi connectivity index (χ3n) is 8.51. The van der Waals surface area contributed by atoms with E-state index in [9.17, 15) is 14.7 Å². The zero-order valence-electron chi connectivity index (χ0n) is 23.9. The van der Waals surface area contributed by atoms with E-state index in [1.54, 1.807) is 11.0 Å². The van der Waals surface area contributed by atoms with E-state index in [1.807, 2.05) is 48.8 Å². The zero-order chi connectivity index (χ0) is 28.8. The number of benzene rings is 2. The van der Waals surface area contributed by atoms with Crippen LogP contribution in [0.1, 0.15) is 79.9 Å². The summed E-state index contributed by atoms with van der Waals surface area (Å²) in [5, 5.41) is 11.0. The molecule has 0 spiro atoms. The van der Waals surface area contributed by atoms with E-state index >= 15 is 0 Å². The van der Waals surface area contributed by atoms with Crippen LogP contribution in [0.5, 0.6) is 0 Å². The summed E-state index contributed by atoms with van der Waals surface area (Å²) < 4.78 is 0. The number of hydrogen-bond donors (Lipinski definition) is 2. The largest absolute Gasteiger partial charge is 0.378 e. The summed E-state index contributed by atoms with van der Waals surface area (Å²) in [6.45, 7) is 6.88. The molecule has 2 N–H and O–H groups in total. The fraction of sp³-hybridized carbons (Fsp3) is 0.353. The summed E-state index contributed by atoms with van der Waals surface area (Å²) in [7, 11) is 0. The molecule has 1 aliphatic carbocycles. The number of aromatic amines is 1. The van der Waals surface area contributed by atoms with Crippen molar-refractivity contribution >= 4 is 5.91 Å². The van der Waals surface area contributed by atoms with Crippen LogP contribution in [0.15, 0.2) is 77.9 Å². The second kappa shape index (κ2) is 10.4. The number of nitrogens with one attached hydrogen (secondary N) is 1. The first-order valence-electron chi connectivity index (χ1n) is 14.4. The van der Waals surface area contributed by atoms with Gasteiger partial charge in [-0.25, -0.2) is 4.98 Å². The van der Waals surface area contributed by atoms with E-state index in [4.69, 9.17) is 4.98 Å². The summed E-state index contributed by atoms with van der Waals surface area (Å²) >= 11 is 0. The lowest BCUT2D eigenvalue weighted by atomic mass is 9.85. The number of hydrogen-bond acceptors (Lipinski definition) is 5. The molecule has 2 aliphatic rings. The Balaban J connectivity index is 1.26. The first-order chi connectivity index (χ1) is 19.7. The Morgan fingerprint density at radius 2 is 1.80 bits per heavy atom. The molecule has 1 fully saturated rings. The van der Waals surface area contributed by atoms with E-state index in [-0.39, 0.29) is 22.9 Å². The van der Waals surface area contributed by atoms with Crippen LogP contribution < -0.4 is 5.56 Å². The van der Waals surface area contributed by atoms with Gasteiger partial charge in [-0.3, -0.25) is 14.6 Å². The van der Waals surface area contributed by atoms with E-state index in [1.165, 1.54) is 0 Å². The quantitative estimate of drug-likeness (QED) is 0.356. The van der Waals surface area contributed by atoms with Gasteiger partial charge in [0.25, 0.3) is 11.5 Å². The minimum atomic E-state index is -1.29. The maximum absolute atomic E-state index is 13.5. The molecule has 1 unspecified atom stereocenters. The lowest BCUT2D eigenvalue weighted by Crippen LogP contribution is -2.36. The number of amides is 1. The number of carbonyl (C=O) groups is 1. The molecule has 2 aromatic carbocycles. The molecule has 1 amide bonds. The molecule has 7 nitrogen and oxygen atoms in total. The molecular formula is C34H36N4O3. The molecule has 1 atom stereocenters. The van der Waals surface area contributed by atoms with Crippen molar-refractivity contribution in [3.05, 3.63) is 117 Å². The van der Waals surface area contributed by atoms with E-state index in [2.05, 4.69) is 48.9 Å². The molecule has 7 heteroatoms. The van der Waals surface area contributed by atoms with Crippen molar-refractivity contribution in [2.75, 3.05) is 6.54 Å². The Kier molecular flexibility index (Phi) is 6.86. The van der Waals surface area contributed by atoms with Gasteiger partial charge in [-0.15, -0.1) is 0 Å². The highest BCUT2D eigenvalue weighted by Crippen LogP contribution is 2.52. The summed E-state index contributed by atoms with van der Waals surface area (Å²) in [6.07, 6.45) is 5.50. The molecule has 3 heterocycles. The molecule has 4 aromatic rings. The van der Waals surface area contributed by atoms with Gasteiger partial charge in [0.05, 0.1) is 23.2 Å². The van der Waals surface area contributed by atoms with Crippen LogP contribution >= 0.6 is 0 Å². The summed E-state index contributed by atoms with van der Waals surface area (Å²) in [5.74, 6) is 0.280. The molecule has 0 bridgehead atoms. The van der Waals surface area contributed by atoms with Gasteiger partial charge >= 0.3 is 0 Å². The predicted octanol–water partition coefficient (Wildman–Crippen LogP) is 5.22. The topological polar surface area (TPSA) is 99.2 Å². The molecule has 6 rings (SSSR count). The molecule has 1 aliphatic heterocycles. The van der Waals surface area contributed by atoms with Gasteiger partial charge in [0.15, 0.2) is 6.10 Å². The maximum Gasteiger partial charge on any atom is 0.256 e. The average Bonchev–Trinajstić information content (AvgIpc) is 3.81. The summed E-state index contributed by atoms with van der Waals surface area (Å²) in [6, 6.07) is 19.8. The predicted molar refractivity (Wildman–Crippen MR) is 158 cm³/mol. The maximum atomic E-state index is 13.5. The smallest absolute Gasteiger partial charge is 0.256 e. The Morgan fingerprint density at radius 3 is 2.54 bits per heavy atom. The number of aliphatic hydroxyl groups excluding tert-OH is 1. The number of rotatable bonds is 5. The molecule has 0 radical (unpaired) electrons. The molecule has 1 saturated carbocycles. The van der Waals surface area contributed by atoms with Crippen molar-refractivity contribution in [1.29, 1.82) is 0 Å². The van der Waals surface area contributed by atoms with Crippen molar-refractivity contribution in [3.63, 3.8) is 0 Å². The first kappa shape index (κ1) is 27.1. The van der Waals surface area contributed by atoms with Crippen LogP contribution in [-0.2, 0) is 28.6 Å². The van der Waals surface area contributed by atoms with Gasteiger partial charge in [-0.05, 0) is 59.4 Å². The number of nitrogens with zero attached hydrogens (tertiary/aromatic N) is 3. The summed E-state index contributed by atoms with van der Waals surface area (Å²) in [5.41, 5.74) is 5.36. The lowest BCUT2D eigenvalue weighted by Gasteiger charge is -2.25.